The number of nitrogens with two attached hydrogens (primary N) is 1. The van der Waals surface area contributed by atoms with Crippen LogP contribution in [0.1, 0.15) is 24.9 Å². The summed E-state index contributed by atoms with van der Waals surface area (Å²) in [5.74, 6) is 0.840. The first-order valence-corrected chi connectivity index (χ1v) is 5.75. The SMILES string of the molecule is C=C(Br)COc1ccccc1C(N)CC. The quantitative estimate of drug-likeness (QED) is 0.890. The number of hydrogen-bond donors (Lipinski definition) is 1. The summed E-state index contributed by atoms with van der Waals surface area (Å²) < 4.78 is 6.42. The van der Waals surface area contributed by atoms with Gasteiger partial charge in [0.2, 0.25) is 0 Å². The number of rotatable bonds is 5. The van der Waals surface area contributed by atoms with E-state index in [1.165, 1.54) is 0 Å². The second kappa shape index (κ2) is 5.93. The van der Waals surface area contributed by atoms with Crippen LogP contribution in [0.15, 0.2) is 35.3 Å². The third-order valence-electron chi connectivity index (χ3n) is 2.14. The molecule has 0 aliphatic carbocycles. The van der Waals surface area contributed by atoms with Crippen molar-refractivity contribution in [3.63, 3.8) is 0 Å². The average Bonchev–Trinajstić information content (AvgIpc) is 2.25. The number of ether oxygens (including phenoxy) is 1. The number of para-hydroxylation sites is 1. The zero-order chi connectivity index (χ0) is 11.3. The van der Waals surface area contributed by atoms with Gasteiger partial charge < -0.3 is 10.5 Å². The molecule has 82 valence electrons. The topological polar surface area (TPSA) is 35.2 Å². The largest absolute Gasteiger partial charge is 0.488 e. The highest BCUT2D eigenvalue weighted by molar-refractivity contribution is 9.11. The van der Waals surface area contributed by atoms with Gasteiger partial charge in [0, 0.05) is 16.1 Å². The molecular formula is C12H16BrNO. The van der Waals surface area contributed by atoms with Crippen LogP contribution < -0.4 is 10.5 Å². The molecule has 15 heavy (non-hydrogen) atoms. The minimum Gasteiger partial charge on any atom is -0.488 e. The maximum atomic E-state index is 5.99. The Labute approximate surface area is 99.3 Å². The molecule has 1 unspecified atom stereocenters. The van der Waals surface area contributed by atoms with E-state index in [1.807, 2.05) is 24.3 Å². The highest BCUT2D eigenvalue weighted by Gasteiger charge is 2.09. The van der Waals surface area contributed by atoms with Crippen molar-refractivity contribution in [2.45, 2.75) is 19.4 Å². The Kier molecular flexibility index (Phi) is 4.85. The van der Waals surface area contributed by atoms with Crippen LogP contribution >= 0.6 is 15.9 Å². The van der Waals surface area contributed by atoms with Gasteiger partial charge in [0.15, 0.2) is 0 Å². The molecule has 0 fully saturated rings. The highest BCUT2D eigenvalue weighted by Crippen LogP contribution is 2.25. The van der Waals surface area contributed by atoms with Crippen molar-refractivity contribution in [2.75, 3.05) is 6.61 Å². The van der Waals surface area contributed by atoms with Gasteiger partial charge in [-0.1, -0.05) is 47.6 Å². The van der Waals surface area contributed by atoms with E-state index >= 15 is 0 Å². The molecule has 0 saturated carbocycles. The maximum Gasteiger partial charge on any atom is 0.124 e. The number of halogens is 1. The maximum absolute atomic E-state index is 5.99. The molecule has 2 nitrogen and oxygen atoms in total. The normalized spacial score (nSPS) is 12.2. The van der Waals surface area contributed by atoms with E-state index in [1.54, 1.807) is 0 Å². The van der Waals surface area contributed by atoms with E-state index in [0.717, 1.165) is 22.2 Å². The van der Waals surface area contributed by atoms with Crippen LogP contribution in [0.4, 0.5) is 0 Å². The summed E-state index contributed by atoms with van der Waals surface area (Å²) in [4.78, 5) is 0. The van der Waals surface area contributed by atoms with Gasteiger partial charge in [0.25, 0.3) is 0 Å². The third-order valence-corrected chi connectivity index (χ3v) is 2.37. The first-order valence-electron chi connectivity index (χ1n) is 4.95. The average molecular weight is 270 g/mol. The molecular weight excluding hydrogens is 254 g/mol. The molecule has 0 aliphatic rings. The van der Waals surface area contributed by atoms with Gasteiger partial charge in [0.05, 0.1) is 0 Å². The van der Waals surface area contributed by atoms with Crippen LogP contribution in [0, 0.1) is 0 Å². The summed E-state index contributed by atoms with van der Waals surface area (Å²) in [6, 6.07) is 7.88. The van der Waals surface area contributed by atoms with Gasteiger partial charge in [-0.3, -0.25) is 0 Å². The molecule has 0 heterocycles. The molecule has 2 N–H and O–H groups in total. The minimum atomic E-state index is 0.0322. The van der Waals surface area contributed by atoms with E-state index < -0.39 is 0 Å². The number of hydrogen-bond acceptors (Lipinski definition) is 2. The molecule has 0 bridgehead atoms. The molecule has 1 atom stereocenters. The molecule has 0 spiro atoms. The Balaban J connectivity index is 2.81. The smallest absolute Gasteiger partial charge is 0.124 e. The fourth-order valence-electron chi connectivity index (χ4n) is 1.29. The summed E-state index contributed by atoms with van der Waals surface area (Å²) in [5.41, 5.74) is 7.04. The first-order chi connectivity index (χ1) is 7.15. The summed E-state index contributed by atoms with van der Waals surface area (Å²) in [6.45, 7) is 6.25. The lowest BCUT2D eigenvalue weighted by molar-refractivity contribution is 0.353. The fourth-order valence-corrected chi connectivity index (χ4v) is 1.41. The molecule has 1 aromatic rings. The van der Waals surface area contributed by atoms with Gasteiger partial charge in [-0.2, -0.15) is 0 Å². The molecule has 0 amide bonds. The Morgan fingerprint density at radius 3 is 2.80 bits per heavy atom. The van der Waals surface area contributed by atoms with Crippen LogP contribution in [0.2, 0.25) is 0 Å². The molecule has 0 radical (unpaired) electrons. The molecule has 0 aliphatic heterocycles. The lowest BCUT2D eigenvalue weighted by Crippen LogP contribution is -2.11. The standard InChI is InChI=1S/C12H16BrNO/c1-3-11(14)10-6-4-5-7-12(10)15-8-9(2)13/h4-7,11H,2-3,8,14H2,1H3. The van der Waals surface area contributed by atoms with Crippen LogP contribution in [-0.4, -0.2) is 6.61 Å². The monoisotopic (exact) mass is 269 g/mol. The summed E-state index contributed by atoms with van der Waals surface area (Å²) in [5, 5.41) is 0. The predicted molar refractivity (Wildman–Crippen MR) is 67.2 cm³/mol. The van der Waals surface area contributed by atoms with Gasteiger partial charge in [-0.25, -0.2) is 0 Å². The van der Waals surface area contributed by atoms with Crippen molar-refractivity contribution in [3.05, 3.63) is 40.9 Å². The summed E-state index contributed by atoms with van der Waals surface area (Å²) in [7, 11) is 0. The Morgan fingerprint density at radius 2 is 2.20 bits per heavy atom. The van der Waals surface area contributed by atoms with Crippen molar-refractivity contribution in [2.24, 2.45) is 5.73 Å². The predicted octanol–water partition coefficient (Wildman–Crippen LogP) is 3.38. The van der Waals surface area contributed by atoms with Crippen LogP contribution in [0.5, 0.6) is 5.75 Å². The van der Waals surface area contributed by atoms with Crippen LogP contribution in [-0.2, 0) is 0 Å². The van der Waals surface area contributed by atoms with Gasteiger partial charge >= 0.3 is 0 Å². The van der Waals surface area contributed by atoms with Crippen LogP contribution in [0.25, 0.3) is 0 Å². The third kappa shape index (κ3) is 3.68. The fraction of sp³-hybridized carbons (Fsp3) is 0.333. The van der Waals surface area contributed by atoms with Crippen molar-refractivity contribution in [1.82, 2.24) is 0 Å². The second-order valence-corrected chi connectivity index (χ2v) is 4.48. The summed E-state index contributed by atoms with van der Waals surface area (Å²) >= 11 is 3.26. The lowest BCUT2D eigenvalue weighted by Gasteiger charge is -2.15. The zero-order valence-corrected chi connectivity index (χ0v) is 10.5. The lowest BCUT2D eigenvalue weighted by atomic mass is 10.0. The van der Waals surface area contributed by atoms with E-state index in [2.05, 4.69) is 29.4 Å². The van der Waals surface area contributed by atoms with E-state index in [0.29, 0.717) is 6.61 Å². The van der Waals surface area contributed by atoms with E-state index in [-0.39, 0.29) is 6.04 Å². The summed E-state index contributed by atoms with van der Waals surface area (Å²) in [6.07, 6.45) is 0.898. The molecule has 0 saturated heterocycles. The van der Waals surface area contributed by atoms with Crippen LogP contribution in [0.3, 0.4) is 0 Å². The molecule has 0 aromatic heterocycles. The highest BCUT2D eigenvalue weighted by atomic mass is 79.9. The van der Waals surface area contributed by atoms with Crippen molar-refractivity contribution in [1.29, 1.82) is 0 Å². The minimum absolute atomic E-state index is 0.0322. The Bertz CT molecular complexity index is 338. The van der Waals surface area contributed by atoms with Crippen molar-refractivity contribution >= 4 is 15.9 Å². The Hall–Kier alpha value is -0.800. The second-order valence-electron chi connectivity index (χ2n) is 3.36. The number of benzene rings is 1. The van der Waals surface area contributed by atoms with Gasteiger partial charge in [0.1, 0.15) is 12.4 Å². The Morgan fingerprint density at radius 1 is 1.53 bits per heavy atom. The molecule has 3 heteroatoms. The molecule has 1 aromatic carbocycles. The first kappa shape index (κ1) is 12.3. The van der Waals surface area contributed by atoms with E-state index in [9.17, 15) is 0 Å². The van der Waals surface area contributed by atoms with Gasteiger partial charge in [-0.15, -0.1) is 0 Å². The van der Waals surface area contributed by atoms with Gasteiger partial charge in [-0.05, 0) is 12.5 Å². The van der Waals surface area contributed by atoms with Crippen molar-refractivity contribution < 1.29 is 4.74 Å². The zero-order valence-electron chi connectivity index (χ0n) is 8.87. The van der Waals surface area contributed by atoms with E-state index in [4.69, 9.17) is 10.5 Å². The van der Waals surface area contributed by atoms with Crippen molar-refractivity contribution in [3.8, 4) is 5.75 Å². The molecule has 1 rings (SSSR count).